The molecular formula is C19H19ClN3O. The van der Waals surface area contributed by atoms with Crippen molar-refractivity contribution >= 4 is 28.2 Å². The molecule has 1 radical (unpaired) electrons. The maximum absolute atomic E-state index is 9.02. The zero-order valence-corrected chi connectivity index (χ0v) is 14.3. The van der Waals surface area contributed by atoms with Crippen LogP contribution in [0.2, 0.25) is 5.02 Å². The Kier molecular flexibility index (Phi) is 5.34. The van der Waals surface area contributed by atoms with Gasteiger partial charge in [-0.3, -0.25) is 9.88 Å². The van der Waals surface area contributed by atoms with Gasteiger partial charge in [0.1, 0.15) is 0 Å². The van der Waals surface area contributed by atoms with E-state index in [9.17, 15) is 0 Å². The molecule has 4 nitrogen and oxygen atoms in total. The van der Waals surface area contributed by atoms with E-state index in [4.69, 9.17) is 16.7 Å². The van der Waals surface area contributed by atoms with Crippen LogP contribution in [-0.2, 0) is 0 Å². The van der Waals surface area contributed by atoms with Crippen molar-refractivity contribution in [2.75, 3.05) is 38.6 Å². The lowest BCUT2D eigenvalue weighted by Gasteiger charge is -2.18. The van der Waals surface area contributed by atoms with Gasteiger partial charge in [-0.15, -0.1) is 5.73 Å². The first-order valence-electron chi connectivity index (χ1n) is 7.81. The summed E-state index contributed by atoms with van der Waals surface area (Å²) < 4.78 is 0. The molecular weight excluding hydrogens is 322 g/mol. The summed E-state index contributed by atoms with van der Waals surface area (Å²) >= 11 is 6.03. The molecule has 0 atom stereocenters. The number of aliphatic hydroxyl groups is 1. The molecule has 0 saturated heterocycles. The number of aliphatic hydroxyl groups excluding tert-OH is 1. The standard InChI is InChI=1S/C19H19ClN3O/c1-23(9-10-24)13-15-4-2-3-14(15)12-22-18-7-8-21-19-11-16(20)5-6-17(18)19/h2,5-8,11,24H,9-10,12-13H2,1H3,(H,21,22). The molecule has 0 saturated carbocycles. The van der Waals surface area contributed by atoms with Gasteiger partial charge in [0.25, 0.3) is 0 Å². The number of anilines is 1. The molecule has 3 rings (SSSR count). The second kappa shape index (κ2) is 7.65. The minimum Gasteiger partial charge on any atom is -0.395 e. The highest BCUT2D eigenvalue weighted by atomic mass is 35.5. The normalized spacial score (nSPS) is 13.5. The Labute approximate surface area is 146 Å². The summed E-state index contributed by atoms with van der Waals surface area (Å²) in [5.74, 6) is 0. The van der Waals surface area contributed by atoms with Gasteiger partial charge in [0.2, 0.25) is 0 Å². The van der Waals surface area contributed by atoms with Gasteiger partial charge in [-0.2, -0.15) is 0 Å². The molecule has 0 unspecified atom stereocenters. The Balaban J connectivity index is 1.69. The molecule has 1 aromatic carbocycles. The highest BCUT2D eigenvalue weighted by Crippen LogP contribution is 2.25. The third-order valence-corrected chi connectivity index (χ3v) is 4.16. The SMILES string of the molecule is CN(CCO)CC1=C=C[C]=C1CNc1ccnc2cc(Cl)ccc12. The number of likely N-dealkylation sites (N-methyl/N-ethyl adjacent to an activating group) is 1. The van der Waals surface area contributed by atoms with Crippen molar-refractivity contribution in [2.24, 2.45) is 0 Å². The van der Waals surface area contributed by atoms with Crippen LogP contribution in [0.1, 0.15) is 0 Å². The smallest absolute Gasteiger partial charge is 0.0737 e. The van der Waals surface area contributed by atoms with Gasteiger partial charge in [-0.05, 0) is 49.0 Å². The number of halogens is 1. The van der Waals surface area contributed by atoms with Crippen LogP contribution >= 0.6 is 11.6 Å². The molecule has 1 aromatic heterocycles. The number of rotatable bonds is 7. The highest BCUT2D eigenvalue weighted by molar-refractivity contribution is 6.31. The molecule has 1 aliphatic rings. The zero-order valence-electron chi connectivity index (χ0n) is 13.5. The lowest BCUT2D eigenvalue weighted by atomic mass is 10.1. The molecule has 24 heavy (non-hydrogen) atoms. The average Bonchev–Trinajstić information content (AvgIpc) is 2.99. The number of hydrogen-bond donors (Lipinski definition) is 2. The third-order valence-electron chi connectivity index (χ3n) is 3.93. The van der Waals surface area contributed by atoms with Gasteiger partial charge in [0.05, 0.1) is 12.1 Å². The monoisotopic (exact) mass is 340 g/mol. The Morgan fingerprint density at radius 3 is 3.00 bits per heavy atom. The van der Waals surface area contributed by atoms with Gasteiger partial charge < -0.3 is 10.4 Å². The summed E-state index contributed by atoms with van der Waals surface area (Å²) in [5.41, 5.74) is 7.29. The van der Waals surface area contributed by atoms with Crippen LogP contribution in [-0.4, -0.2) is 48.3 Å². The summed E-state index contributed by atoms with van der Waals surface area (Å²) in [5, 5.41) is 14.2. The van der Waals surface area contributed by atoms with Gasteiger partial charge >= 0.3 is 0 Å². The van der Waals surface area contributed by atoms with E-state index in [0.717, 1.165) is 34.3 Å². The Hall–Kier alpha value is -2.10. The van der Waals surface area contributed by atoms with Crippen LogP contribution in [0.25, 0.3) is 10.9 Å². The van der Waals surface area contributed by atoms with Crippen molar-refractivity contribution in [1.82, 2.24) is 9.88 Å². The van der Waals surface area contributed by atoms with E-state index < -0.39 is 0 Å². The number of nitrogens with zero attached hydrogens (tertiary/aromatic N) is 2. The Morgan fingerprint density at radius 1 is 1.29 bits per heavy atom. The maximum atomic E-state index is 9.02. The summed E-state index contributed by atoms with van der Waals surface area (Å²) in [6, 6.07) is 7.67. The molecule has 1 aliphatic carbocycles. The molecule has 1 heterocycles. The maximum Gasteiger partial charge on any atom is 0.0737 e. The summed E-state index contributed by atoms with van der Waals surface area (Å²) in [4.78, 5) is 6.42. The topological polar surface area (TPSA) is 48.4 Å². The molecule has 0 spiro atoms. The van der Waals surface area contributed by atoms with Crippen molar-refractivity contribution in [3.8, 4) is 0 Å². The number of pyridine rings is 1. The van der Waals surface area contributed by atoms with Crippen molar-refractivity contribution in [1.29, 1.82) is 0 Å². The van der Waals surface area contributed by atoms with Gasteiger partial charge in [0.15, 0.2) is 0 Å². The number of nitrogens with one attached hydrogen (secondary N) is 1. The van der Waals surface area contributed by atoms with Gasteiger partial charge in [0, 0.05) is 47.5 Å². The van der Waals surface area contributed by atoms with Crippen LogP contribution in [0.3, 0.4) is 0 Å². The molecule has 2 aromatic rings. The molecule has 0 bridgehead atoms. The van der Waals surface area contributed by atoms with Crippen molar-refractivity contribution in [3.63, 3.8) is 0 Å². The second-order valence-electron chi connectivity index (χ2n) is 5.73. The van der Waals surface area contributed by atoms with E-state index in [1.807, 2.05) is 37.4 Å². The molecule has 0 aliphatic heterocycles. The van der Waals surface area contributed by atoms with E-state index in [0.29, 0.717) is 18.1 Å². The van der Waals surface area contributed by atoms with Crippen molar-refractivity contribution < 1.29 is 5.11 Å². The van der Waals surface area contributed by atoms with Crippen LogP contribution in [0.15, 0.2) is 53.4 Å². The lowest BCUT2D eigenvalue weighted by molar-refractivity contribution is 0.230. The summed E-state index contributed by atoms with van der Waals surface area (Å²) in [6.07, 6.45) is 6.84. The van der Waals surface area contributed by atoms with Crippen LogP contribution < -0.4 is 5.32 Å². The Morgan fingerprint density at radius 2 is 2.17 bits per heavy atom. The molecule has 123 valence electrons. The average molecular weight is 341 g/mol. The van der Waals surface area contributed by atoms with Gasteiger partial charge in [-0.25, -0.2) is 0 Å². The van der Waals surface area contributed by atoms with E-state index in [-0.39, 0.29) is 6.61 Å². The quantitative estimate of drug-likeness (QED) is 0.761. The molecule has 5 heteroatoms. The fraction of sp³-hybridized carbons (Fsp3) is 0.263. The summed E-state index contributed by atoms with van der Waals surface area (Å²) in [6.45, 7) is 2.20. The second-order valence-corrected chi connectivity index (χ2v) is 6.16. The first kappa shape index (κ1) is 16.7. The molecule has 0 fully saturated rings. The summed E-state index contributed by atoms with van der Waals surface area (Å²) in [7, 11) is 1.98. The Bertz CT molecular complexity index is 838. The third kappa shape index (κ3) is 3.86. The van der Waals surface area contributed by atoms with Crippen molar-refractivity contribution in [3.05, 3.63) is 64.5 Å². The van der Waals surface area contributed by atoms with Crippen LogP contribution in [0, 0.1) is 6.08 Å². The van der Waals surface area contributed by atoms with Crippen molar-refractivity contribution in [2.45, 2.75) is 0 Å². The first-order chi connectivity index (χ1) is 11.7. The van der Waals surface area contributed by atoms with Gasteiger partial charge in [-0.1, -0.05) is 11.6 Å². The fourth-order valence-electron chi connectivity index (χ4n) is 2.66. The lowest BCUT2D eigenvalue weighted by Crippen LogP contribution is -2.25. The van der Waals surface area contributed by atoms with E-state index >= 15 is 0 Å². The first-order valence-corrected chi connectivity index (χ1v) is 8.19. The number of benzene rings is 1. The highest BCUT2D eigenvalue weighted by Gasteiger charge is 2.11. The van der Waals surface area contributed by atoms with Crippen LogP contribution in [0.4, 0.5) is 5.69 Å². The minimum atomic E-state index is 0.153. The van der Waals surface area contributed by atoms with E-state index in [2.05, 4.69) is 27.0 Å². The number of allylic oxidation sites excluding steroid dienone is 1. The largest absolute Gasteiger partial charge is 0.395 e. The number of fused-ring (bicyclic) bond motifs is 1. The predicted molar refractivity (Wildman–Crippen MR) is 98.2 cm³/mol. The minimum absolute atomic E-state index is 0.153. The number of hydrogen-bond acceptors (Lipinski definition) is 4. The zero-order chi connectivity index (χ0) is 16.9. The number of aromatic nitrogens is 1. The van der Waals surface area contributed by atoms with Crippen LogP contribution in [0.5, 0.6) is 0 Å². The fourth-order valence-corrected chi connectivity index (χ4v) is 2.83. The van der Waals surface area contributed by atoms with E-state index in [1.165, 1.54) is 0 Å². The molecule has 0 amide bonds. The predicted octanol–water partition coefficient (Wildman–Crippen LogP) is 3.05. The van der Waals surface area contributed by atoms with E-state index in [1.54, 1.807) is 6.20 Å². The molecule has 2 N–H and O–H groups in total.